The number of hydrogen-bond acceptors (Lipinski definition) is 4. The third kappa shape index (κ3) is 4.98. The van der Waals surface area contributed by atoms with Crippen LogP contribution in [0.1, 0.15) is 38.2 Å². The van der Waals surface area contributed by atoms with Gasteiger partial charge in [0.1, 0.15) is 0 Å². The van der Waals surface area contributed by atoms with Crippen molar-refractivity contribution in [3.8, 4) is 5.75 Å². The fraction of sp³-hybridized carbons (Fsp3) is 0.647. The molecule has 1 saturated heterocycles. The molecule has 1 aromatic rings. The van der Waals surface area contributed by atoms with Crippen molar-refractivity contribution in [3.05, 3.63) is 33.9 Å². The van der Waals surface area contributed by atoms with Crippen molar-refractivity contribution in [2.75, 3.05) is 26.2 Å². The highest BCUT2D eigenvalue weighted by Crippen LogP contribution is 2.27. The predicted molar refractivity (Wildman–Crippen MR) is 87.4 cm³/mol. The average Bonchev–Trinajstić information content (AvgIpc) is 2.48. The number of nitrogens with zero attached hydrogens (tertiary/aromatic N) is 2. The lowest BCUT2D eigenvalue weighted by Gasteiger charge is -2.30. The molecular weight excluding hydrogens is 280 g/mol. The number of nitro groups is 1. The molecule has 0 radical (unpaired) electrons. The Labute approximate surface area is 132 Å². The number of nitro benzene ring substituents is 1. The Bertz CT molecular complexity index is 505. The van der Waals surface area contributed by atoms with Crippen LogP contribution in [0.2, 0.25) is 0 Å². The first-order valence-corrected chi connectivity index (χ1v) is 8.16. The zero-order valence-corrected chi connectivity index (χ0v) is 13.6. The maximum Gasteiger partial charge on any atom is 0.311 e. The molecule has 0 saturated carbocycles. The van der Waals surface area contributed by atoms with Gasteiger partial charge in [-0.3, -0.25) is 10.1 Å². The normalized spacial score (nSPS) is 19.1. The van der Waals surface area contributed by atoms with E-state index in [4.69, 9.17) is 4.74 Å². The number of benzene rings is 1. The summed E-state index contributed by atoms with van der Waals surface area (Å²) in [5, 5.41) is 11.0. The minimum atomic E-state index is -0.378. The largest absolute Gasteiger partial charge is 0.487 e. The Balaban J connectivity index is 1.71. The Hall–Kier alpha value is -1.62. The quantitative estimate of drug-likeness (QED) is 0.437. The van der Waals surface area contributed by atoms with Crippen LogP contribution in [0.25, 0.3) is 0 Å². The first-order chi connectivity index (χ1) is 10.6. The number of aryl methyl sites for hydroxylation is 1. The number of ether oxygens (including phenoxy) is 1. The second-order valence-corrected chi connectivity index (χ2v) is 6.33. The number of likely N-dealkylation sites (tertiary alicyclic amines) is 1. The van der Waals surface area contributed by atoms with Gasteiger partial charge in [0, 0.05) is 12.6 Å². The van der Waals surface area contributed by atoms with Crippen LogP contribution >= 0.6 is 0 Å². The number of rotatable bonds is 7. The Kier molecular flexibility index (Phi) is 6.19. The lowest BCUT2D eigenvalue weighted by molar-refractivity contribution is -0.385. The second-order valence-electron chi connectivity index (χ2n) is 6.33. The van der Waals surface area contributed by atoms with Crippen LogP contribution < -0.4 is 4.74 Å². The topological polar surface area (TPSA) is 55.6 Å². The minimum absolute atomic E-state index is 0.0601. The van der Waals surface area contributed by atoms with Crippen molar-refractivity contribution < 1.29 is 9.66 Å². The first kappa shape index (κ1) is 16.7. The van der Waals surface area contributed by atoms with E-state index < -0.39 is 0 Å². The van der Waals surface area contributed by atoms with Crippen LogP contribution in [-0.2, 0) is 0 Å². The van der Waals surface area contributed by atoms with E-state index in [0.717, 1.165) is 30.9 Å². The van der Waals surface area contributed by atoms with E-state index in [1.165, 1.54) is 25.9 Å². The van der Waals surface area contributed by atoms with Gasteiger partial charge in [-0.25, -0.2) is 0 Å². The molecule has 0 bridgehead atoms. The van der Waals surface area contributed by atoms with Gasteiger partial charge in [-0.2, -0.15) is 0 Å². The number of unbranched alkanes of at least 4 members (excludes halogenated alkanes) is 1. The summed E-state index contributed by atoms with van der Waals surface area (Å²) in [6.07, 6.45) is 4.65. The van der Waals surface area contributed by atoms with E-state index in [-0.39, 0.29) is 10.6 Å². The van der Waals surface area contributed by atoms with Gasteiger partial charge in [0.15, 0.2) is 5.75 Å². The Morgan fingerprint density at radius 1 is 1.41 bits per heavy atom. The van der Waals surface area contributed by atoms with Gasteiger partial charge in [-0.1, -0.05) is 13.0 Å². The summed E-state index contributed by atoms with van der Waals surface area (Å²) in [5.74, 6) is 1.18. The van der Waals surface area contributed by atoms with Crippen LogP contribution in [0.4, 0.5) is 5.69 Å². The van der Waals surface area contributed by atoms with Crippen LogP contribution in [-0.4, -0.2) is 36.1 Å². The number of piperidine rings is 1. The highest BCUT2D eigenvalue weighted by Gasteiger charge is 2.16. The van der Waals surface area contributed by atoms with Gasteiger partial charge < -0.3 is 9.64 Å². The molecule has 0 spiro atoms. The van der Waals surface area contributed by atoms with E-state index in [1.54, 1.807) is 12.1 Å². The van der Waals surface area contributed by atoms with Gasteiger partial charge in [-0.05, 0) is 63.2 Å². The van der Waals surface area contributed by atoms with E-state index in [1.807, 2.05) is 13.0 Å². The number of hydrogen-bond donors (Lipinski definition) is 0. The molecule has 0 aromatic heterocycles. The van der Waals surface area contributed by atoms with Gasteiger partial charge >= 0.3 is 5.69 Å². The zero-order valence-electron chi connectivity index (χ0n) is 13.6. The highest BCUT2D eigenvalue weighted by molar-refractivity contribution is 5.48. The standard InChI is InChI=1S/C17H26N2O3/c1-14-7-8-17(16(12-14)19(20)21)22-11-4-3-9-18-10-5-6-15(2)13-18/h7-8,12,15H,3-6,9-11,13H2,1-2H3/t15-/m1/s1. The van der Waals surface area contributed by atoms with E-state index in [0.29, 0.717) is 12.4 Å². The van der Waals surface area contributed by atoms with Crippen molar-refractivity contribution in [1.29, 1.82) is 0 Å². The van der Waals surface area contributed by atoms with Crippen molar-refractivity contribution in [2.45, 2.75) is 39.5 Å². The lowest BCUT2D eigenvalue weighted by Crippen LogP contribution is -2.35. The molecule has 1 atom stereocenters. The SMILES string of the molecule is Cc1ccc(OCCCCN2CCC[C@@H](C)C2)c([N+](=O)[O-])c1. The minimum Gasteiger partial charge on any atom is -0.487 e. The van der Waals surface area contributed by atoms with E-state index >= 15 is 0 Å². The Morgan fingerprint density at radius 2 is 2.23 bits per heavy atom. The molecular formula is C17H26N2O3. The fourth-order valence-corrected chi connectivity index (χ4v) is 3.00. The van der Waals surface area contributed by atoms with Crippen molar-refractivity contribution in [2.24, 2.45) is 5.92 Å². The molecule has 1 aliphatic heterocycles. The van der Waals surface area contributed by atoms with Crippen LogP contribution in [0.15, 0.2) is 18.2 Å². The van der Waals surface area contributed by atoms with Gasteiger partial charge in [0.05, 0.1) is 11.5 Å². The summed E-state index contributed by atoms with van der Waals surface area (Å²) in [7, 11) is 0. The fourth-order valence-electron chi connectivity index (χ4n) is 3.00. The van der Waals surface area contributed by atoms with Crippen molar-refractivity contribution in [3.63, 3.8) is 0 Å². The van der Waals surface area contributed by atoms with Gasteiger partial charge in [-0.15, -0.1) is 0 Å². The molecule has 1 fully saturated rings. The second kappa shape index (κ2) is 8.13. The summed E-state index contributed by atoms with van der Waals surface area (Å²) >= 11 is 0. The van der Waals surface area contributed by atoms with Crippen molar-refractivity contribution in [1.82, 2.24) is 4.90 Å². The van der Waals surface area contributed by atoms with Crippen LogP contribution in [0.5, 0.6) is 5.75 Å². The molecule has 0 unspecified atom stereocenters. The zero-order chi connectivity index (χ0) is 15.9. The molecule has 1 heterocycles. The van der Waals surface area contributed by atoms with E-state index in [2.05, 4.69) is 11.8 Å². The first-order valence-electron chi connectivity index (χ1n) is 8.16. The molecule has 1 aliphatic rings. The van der Waals surface area contributed by atoms with Gasteiger partial charge in [0.2, 0.25) is 0 Å². The Morgan fingerprint density at radius 3 is 2.95 bits per heavy atom. The lowest BCUT2D eigenvalue weighted by atomic mass is 10.0. The molecule has 0 amide bonds. The van der Waals surface area contributed by atoms with Crippen molar-refractivity contribution >= 4 is 5.69 Å². The molecule has 2 rings (SSSR count). The smallest absolute Gasteiger partial charge is 0.311 e. The summed E-state index contributed by atoms with van der Waals surface area (Å²) in [6, 6.07) is 5.10. The molecule has 22 heavy (non-hydrogen) atoms. The molecule has 1 aromatic carbocycles. The molecule has 122 valence electrons. The average molecular weight is 306 g/mol. The summed E-state index contributed by atoms with van der Waals surface area (Å²) in [4.78, 5) is 13.2. The third-order valence-electron chi connectivity index (χ3n) is 4.18. The maximum atomic E-state index is 11.0. The summed E-state index contributed by atoms with van der Waals surface area (Å²) < 4.78 is 5.60. The summed E-state index contributed by atoms with van der Waals surface area (Å²) in [6.45, 7) is 8.19. The van der Waals surface area contributed by atoms with Gasteiger partial charge in [0.25, 0.3) is 0 Å². The molecule has 5 heteroatoms. The molecule has 0 aliphatic carbocycles. The third-order valence-corrected chi connectivity index (χ3v) is 4.18. The summed E-state index contributed by atoms with van der Waals surface area (Å²) in [5.41, 5.74) is 0.933. The predicted octanol–water partition coefficient (Wildman–Crippen LogP) is 3.79. The van der Waals surface area contributed by atoms with Crippen LogP contribution in [0, 0.1) is 23.0 Å². The monoisotopic (exact) mass is 306 g/mol. The molecule has 0 N–H and O–H groups in total. The molecule has 5 nitrogen and oxygen atoms in total. The van der Waals surface area contributed by atoms with E-state index in [9.17, 15) is 10.1 Å². The van der Waals surface area contributed by atoms with Crippen LogP contribution in [0.3, 0.4) is 0 Å². The maximum absolute atomic E-state index is 11.0. The highest BCUT2D eigenvalue weighted by atomic mass is 16.6.